The number of esters is 1. The zero-order valence-electron chi connectivity index (χ0n) is 16.4. The molecule has 28 heavy (non-hydrogen) atoms. The van der Waals surface area contributed by atoms with Gasteiger partial charge in [0, 0.05) is 17.9 Å². The van der Waals surface area contributed by atoms with Gasteiger partial charge in [-0.15, -0.1) is 10.2 Å². The molecule has 0 aliphatic carbocycles. The van der Waals surface area contributed by atoms with Crippen molar-refractivity contribution in [3.05, 3.63) is 66.2 Å². The number of hydrogen-bond donors (Lipinski definition) is 1. The van der Waals surface area contributed by atoms with Gasteiger partial charge in [-0.25, -0.2) is 4.79 Å². The van der Waals surface area contributed by atoms with Gasteiger partial charge in [-0.3, -0.25) is 0 Å². The molecule has 2 aromatic carbocycles. The van der Waals surface area contributed by atoms with Crippen LogP contribution in [0.2, 0.25) is 0 Å². The van der Waals surface area contributed by atoms with E-state index in [0.717, 1.165) is 33.9 Å². The molecule has 0 saturated carbocycles. The number of aliphatic hydroxyl groups excluding tert-OH is 1. The van der Waals surface area contributed by atoms with Crippen molar-refractivity contribution >= 4 is 17.0 Å². The Labute approximate surface area is 164 Å². The van der Waals surface area contributed by atoms with Crippen LogP contribution >= 0.6 is 0 Å². The molecule has 0 saturated heterocycles. The molecule has 0 fully saturated rings. The highest BCUT2D eigenvalue weighted by Crippen LogP contribution is 2.33. The van der Waals surface area contributed by atoms with Crippen LogP contribution < -0.4 is 0 Å². The molecule has 1 unspecified atom stereocenters. The predicted octanol–water partition coefficient (Wildman–Crippen LogP) is 3.35. The van der Waals surface area contributed by atoms with Crippen LogP contribution in [0, 0.1) is 0 Å². The van der Waals surface area contributed by atoms with Crippen LogP contribution in [0.4, 0.5) is 0 Å². The second-order valence-corrected chi connectivity index (χ2v) is 7.49. The molecule has 0 aliphatic rings. The number of rotatable bonds is 7. The first-order valence-electron chi connectivity index (χ1n) is 9.24. The summed E-state index contributed by atoms with van der Waals surface area (Å²) in [4.78, 5) is 13.1. The topological polar surface area (TPSA) is 77.2 Å². The number of nitrogens with zero attached hydrogens (tertiary/aromatic N) is 3. The summed E-state index contributed by atoms with van der Waals surface area (Å²) >= 11 is 0. The van der Waals surface area contributed by atoms with E-state index in [-0.39, 0.29) is 12.7 Å². The average molecular weight is 379 g/mol. The van der Waals surface area contributed by atoms with Gasteiger partial charge in [-0.1, -0.05) is 44.7 Å². The molecule has 6 nitrogen and oxygen atoms in total. The van der Waals surface area contributed by atoms with Crippen molar-refractivity contribution in [1.82, 2.24) is 15.0 Å². The largest absolute Gasteiger partial charge is 0.459 e. The van der Waals surface area contributed by atoms with Crippen LogP contribution in [-0.2, 0) is 21.4 Å². The Morgan fingerprint density at radius 2 is 1.86 bits per heavy atom. The first-order chi connectivity index (χ1) is 13.4. The van der Waals surface area contributed by atoms with Gasteiger partial charge in [-0.2, -0.15) is 4.80 Å². The van der Waals surface area contributed by atoms with Crippen LogP contribution in [0.5, 0.6) is 0 Å². The highest BCUT2D eigenvalue weighted by Gasteiger charge is 2.28. The fourth-order valence-electron chi connectivity index (χ4n) is 3.35. The summed E-state index contributed by atoms with van der Waals surface area (Å²) in [7, 11) is 0. The smallest absolute Gasteiger partial charge is 0.330 e. The predicted molar refractivity (Wildman–Crippen MR) is 108 cm³/mol. The van der Waals surface area contributed by atoms with Crippen molar-refractivity contribution in [3.8, 4) is 5.69 Å². The Hall–Kier alpha value is -2.99. The van der Waals surface area contributed by atoms with Crippen molar-refractivity contribution < 1.29 is 14.6 Å². The molecule has 0 bridgehead atoms. The van der Waals surface area contributed by atoms with Crippen molar-refractivity contribution in [1.29, 1.82) is 0 Å². The van der Waals surface area contributed by atoms with Crippen molar-refractivity contribution in [2.75, 3.05) is 6.61 Å². The third-order valence-electron chi connectivity index (χ3n) is 4.69. The summed E-state index contributed by atoms with van der Waals surface area (Å²) in [6.45, 7) is 9.17. The summed E-state index contributed by atoms with van der Waals surface area (Å²) in [5.74, 6) is -0.452. The van der Waals surface area contributed by atoms with E-state index in [1.165, 1.54) is 0 Å². The summed E-state index contributed by atoms with van der Waals surface area (Å²) in [5.41, 5.74) is 3.77. The lowest BCUT2D eigenvalue weighted by Crippen LogP contribution is -2.28. The highest BCUT2D eigenvalue weighted by atomic mass is 16.5. The maximum absolute atomic E-state index is 11.5. The van der Waals surface area contributed by atoms with Crippen molar-refractivity contribution in [3.63, 3.8) is 0 Å². The van der Waals surface area contributed by atoms with Gasteiger partial charge in [-0.05, 0) is 36.2 Å². The number of fused-ring (bicyclic) bond motifs is 1. The summed E-state index contributed by atoms with van der Waals surface area (Å²) < 4.78 is 5.34. The molecule has 3 aromatic rings. The van der Waals surface area contributed by atoms with Gasteiger partial charge in [0.1, 0.15) is 17.1 Å². The number of aliphatic hydroxyl groups is 1. The molecule has 146 valence electrons. The molecule has 0 radical (unpaired) electrons. The number of aromatic nitrogens is 3. The first kappa shape index (κ1) is 19.8. The Morgan fingerprint density at radius 1 is 1.21 bits per heavy atom. The van der Waals surface area contributed by atoms with Crippen LogP contribution in [0.1, 0.15) is 31.9 Å². The standard InChI is InChI=1S/C22H25N3O3/c1-5-20(27)28-15(2)13-16-9-8-12-19(21(16)22(3,4)14-26)25-23-17-10-6-7-11-18(17)24-25/h5-12,15,26H,1,13-14H2,2-4H3. The molecule has 1 N–H and O–H groups in total. The number of hydrogen-bond acceptors (Lipinski definition) is 5. The molecule has 1 heterocycles. The number of carbonyl (C=O) groups is 1. The van der Waals surface area contributed by atoms with Crippen molar-refractivity contribution in [2.45, 2.75) is 38.7 Å². The fourth-order valence-corrected chi connectivity index (χ4v) is 3.35. The number of ether oxygens (including phenoxy) is 1. The third kappa shape index (κ3) is 3.97. The summed E-state index contributed by atoms with van der Waals surface area (Å²) in [5, 5.41) is 19.2. The molecular formula is C22H25N3O3. The van der Waals surface area contributed by atoms with E-state index in [1.807, 2.05) is 63.2 Å². The maximum atomic E-state index is 11.5. The van der Waals surface area contributed by atoms with Gasteiger partial charge in [0.15, 0.2) is 0 Å². The average Bonchev–Trinajstić information content (AvgIpc) is 3.11. The lowest BCUT2D eigenvalue weighted by molar-refractivity contribution is -0.142. The molecular weight excluding hydrogens is 354 g/mol. The SMILES string of the molecule is C=CC(=O)OC(C)Cc1cccc(-n2nc3ccccc3n2)c1C(C)(C)CO. The minimum atomic E-state index is -0.534. The van der Waals surface area contributed by atoms with E-state index in [4.69, 9.17) is 4.74 Å². The lowest BCUT2D eigenvalue weighted by atomic mass is 9.80. The van der Waals surface area contributed by atoms with E-state index >= 15 is 0 Å². The Balaban J connectivity index is 2.09. The Morgan fingerprint density at radius 3 is 2.43 bits per heavy atom. The van der Waals surface area contributed by atoms with Gasteiger partial charge in [0.2, 0.25) is 0 Å². The van der Waals surface area contributed by atoms with Gasteiger partial charge in [0.05, 0.1) is 12.3 Å². The fraction of sp³-hybridized carbons (Fsp3) is 0.318. The lowest BCUT2D eigenvalue weighted by Gasteiger charge is -2.28. The first-order valence-corrected chi connectivity index (χ1v) is 9.24. The van der Waals surface area contributed by atoms with E-state index in [1.54, 1.807) is 4.80 Å². The van der Waals surface area contributed by atoms with Crippen LogP contribution in [0.25, 0.3) is 16.7 Å². The molecule has 1 aromatic heterocycles. The molecule has 0 amide bonds. The second-order valence-electron chi connectivity index (χ2n) is 7.49. The zero-order valence-corrected chi connectivity index (χ0v) is 16.4. The number of benzene rings is 2. The Kier molecular flexibility index (Phi) is 5.61. The minimum absolute atomic E-state index is 0.0430. The zero-order chi connectivity index (χ0) is 20.3. The van der Waals surface area contributed by atoms with Gasteiger partial charge >= 0.3 is 5.97 Å². The summed E-state index contributed by atoms with van der Waals surface area (Å²) in [6.07, 6.45) is 1.33. The van der Waals surface area contributed by atoms with E-state index in [2.05, 4.69) is 16.8 Å². The monoisotopic (exact) mass is 379 g/mol. The van der Waals surface area contributed by atoms with Gasteiger partial charge in [0.25, 0.3) is 0 Å². The third-order valence-corrected chi connectivity index (χ3v) is 4.69. The normalized spacial score (nSPS) is 12.7. The molecule has 6 heteroatoms. The molecule has 0 aliphatic heterocycles. The van der Waals surface area contributed by atoms with E-state index in [9.17, 15) is 9.90 Å². The second kappa shape index (κ2) is 7.94. The quantitative estimate of drug-likeness (QED) is 0.503. The molecule has 3 rings (SSSR count). The maximum Gasteiger partial charge on any atom is 0.330 e. The van der Waals surface area contributed by atoms with Gasteiger partial charge < -0.3 is 9.84 Å². The van der Waals surface area contributed by atoms with E-state index < -0.39 is 11.4 Å². The van der Waals surface area contributed by atoms with Crippen LogP contribution in [0.15, 0.2) is 55.1 Å². The Bertz CT molecular complexity index is 974. The molecule has 0 spiro atoms. The number of carbonyl (C=O) groups excluding carboxylic acids is 1. The van der Waals surface area contributed by atoms with E-state index in [0.29, 0.717) is 6.42 Å². The van der Waals surface area contributed by atoms with Crippen LogP contribution in [-0.4, -0.2) is 38.8 Å². The van der Waals surface area contributed by atoms with Crippen LogP contribution in [0.3, 0.4) is 0 Å². The molecule has 1 atom stereocenters. The van der Waals surface area contributed by atoms with Crippen molar-refractivity contribution in [2.24, 2.45) is 0 Å². The minimum Gasteiger partial charge on any atom is -0.459 e. The summed E-state index contributed by atoms with van der Waals surface area (Å²) in [6, 6.07) is 13.5. The highest BCUT2D eigenvalue weighted by molar-refractivity contribution is 5.81.